The Bertz CT molecular complexity index is 264. The molecule has 0 saturated heterocycles. The zero-order chi connectivity index (χ0) is 9.90. The van der Waals surface area contributed by atoms with Crippen molar-refractivity contribution < 1.29 is 0 Å². The van der Waals surface area contributed by atoms with Crippen molar-refractivity contribution >= 4 is 21.9 Å². The average molecular weight is 245 g/mol. The molecule has 0 aliphatic heterocycles. The minimum absolute atomic E-state index is 0.254. The Balaban J connectivity index is 2.51. The third kappa shape index (κ3) is 4.19. The summed E-state index contributed by atoms with van der Waals surface area (Å²) in [5, 5.41) is 3.04. The number of nitrogens with zero attached hydrogens (tertiary/aromatic N) is 2. The predicted molar refractivity (Wildman–Crippen MR) is 56.5 cm³/mol. The molecule has 0 unspecified atom stereocenters. The van der Waals surface area contributed by atoms with Crippen molar-refractivity contribution in [2.75, 3.05) is 11.9 Å². The molecule has 0 bridgehead atoms. The van der Waals surface area contributed by atoms with Crippen molar-refractivity contribution in [1.29, 1.82) is 0 Å². The lowest BCUT2D eigenvalue weighted by Gasteiger charge is -2.18. The molecule has 3 N–H and O–H groups in total. The second kappa shape index (κ2) is 4.02. The van der Waals surface area contributed by atoms with Gasteiger partial charge < -0.3 is 11.1 Å². The number of nitrogens with one attached hydrogen (secondary N) is 1. The summed E-state index contributed by atoms with van der Waals surface area (Å²) in [7, 11) is 0. The maximum atomic E-state index is 5.79. The first-order chi connectivity index (χ1) is 5.97. The van der Waals surface area contributed by atoms with E-state index in [1.807, 2.05) is 13.8 Å². The first-order valence-electron chi connectivity index (χ1n) is 3.98. The lowest BCUT2D eigenvalue weighted by atomic mass is 10.1. The highest BCUT2D eigenvalue weighted by molar-refractivity contribution is 9.10. The number of rotatable bonds is 3. The topological polar surface area (TPSA) is 63.8 Å². The summed E-state index contributed by atoms with van der Waals surface area (Å²) < 4.78 is 0.866. The fourth-order valence-electron chi connectivity index (χ4n) is 0.710. The van der Waals surface area contributed by atoms with E-state index in [9.17, 15) is 0 Å². The molecule has 1 heterocycles. The van der Waals surface area contributed by atoms with Gasteiger partial charge in [-0.15, -0.1) is 0 Å². The Morgan fingerprint density at radius 2 is 2.00 bits per heavy atom. The van der Waals surface area contributed by atoms with Gasteiger partial charge in [0.2, 0.25) is 5.95 Å². The van der Waals surface area contributed by atoms with E-state index in [1.54, 1.807) is 12.4 Å². The molecule has 0 radical (unpaired) electrons. The number of hydrogen-bond acceptors (Lipinski definition) is 4. The van der Waals surface area contributed by atoms with Gasteiger partial charge in [0, 0.05) is 24.5 Å². The standard InChI is InChI=1S/C8H13BrN4/c1-8(2,10)5-13-7-11-3-6(9)4-12-7/h3-4H,5,10H2,1-2H3,(H,11,12,13). The summed E-state index contributed by atoms with van der Waals surface area (Å²) in [6.07, 6.45) is 3.39. The summed E-state index contributed by atoms with van der Waals surface area (Å²) in [6, 6.07) is 0. The highest BCUT2D eigenvalue weighted by Gasteiger charge is 2.10. The van der Waals surface area contributed by atoms with Gasteiger partial charge in [-0.3, -0.25) is 0 Å². The van der Waals surface area contributed by atoms with E-state index in [2.05, 4.69) is 31.2 Å². The second-order valence-corrected chi connectivity index (χ2v) is 4.48. The van der Waals surface area contributed by atoms with E-state index in [0.717, 1.165) is 4.47 Å². The van der Waals surface area contributed by atoms with Crippen molar-refractivity contribution in [2.45, 2.75) is 19.4 Å². The molecule has 0 aromatic carbocycles. The first kappa shape index (κ1) is 10.4. The average Bonchev–Trinajstić information content (AvgIpc) is 2.02. The molecule has 72 valence electrons. The van der Waals surface area contributed by atoms with Crippen LogP contribution in [0.3, 0.4) is 0 Å². The fourth-order valence-corrected chi connectivity index (χ4v) is 0.915. The van der Waals surface area contributed by atoms with Gasteiger partial charge in [0.25, 0.3) is 0 Å². The molecule has 0 aliphatic carbocycles. The summed E-state index contributed by atoms with van der Waals surface area (Å²) in [5.41, 5.74) is 5.53. The largest absolute Gasteiger partial charge is 0.352 e. The van der Waals surface area contributed by atoms with Gasteiger partial charge in [0.15, 0.2) is 0 Å². The van der Waals surface area contributed by atoms with Gasteiger partial charge in [0.05, 0.1) is 4.47 Å². The van der Waals surface area contributed by atoms with Crippen LogP contribution in [-0.2, 0) is 0 Å². The monoisotopic (exact) mass is 244 g/mol. The van der Waals surface area contributed by atoms with Gasteiger partial charge in [-0.25, -0.2) is 9.97 Å². The van der Waals surface area contributed by atoms with E-state index < -0.39 is 0 Å². The molecule has 0 aliphatic rings. The number of hydrogen-bond donors (Lipinski definition) is 2. The third-order valence-electron chi connectivity index (χ3n) is 1.32. The molecular formula is C8H13BrN4. The van der Waals surface area contributed by atoms with Gasteiger partial charge in [-0.1, -0.05) is 0 Å². The van der Waals surface area contributed by atoms with Gasteiger partial charge in [-0.05, 0) is 29.8 Å². The quantitative estimate of drug-likeness (QED) is 0.844. The molecule has 0 atom stereocenters. The Hall–Kier alpha value is -0.680. The van der Waals surface area contributed by atoms with Gasteiger partial charge in [0.1, 0.15) is 0 Å². The Morgan fingerprint density at radius 3 is 2.46 bits per heavy atom. The van der Waals surface area contributed by atoms with Crippen LogP contribution in [0.25, 0.3) is 0 Å². The zero-order valence-corrected chi connectivity index (χ0v) is 9.30. The summed E-state index contributed by atoms with van der Waals surface area (Å²) >= 11 is 3.26. The van der Waals surface area contributed by atoms with E-state index in [4.69, 9.17) is 5.73 Å². The van der Waals surface area contributed by atoms with Crippen LogP contribution in [0, 0.1) is 0 Å². The molecule has 1 aromatic rings. The molecule has 1 rings (SSSR count). The molecule has 0 amide bonds. The molecule has 0 fully saturated rings. The Kier molecular flexibility index (Phi) is 3.22. The summed E-state index contributed by atoms with van der Waals surface area (Å²) in [5.74, 6) is 0.599. The van der Waals surface area contributed by atoms with Crippen molar-refractivity contribution in [3.05, 3.63) is 16.9 Å². The van der Waals surface area contributed by atoms with Crippen LogP contribution >= 0.6 is 15.9 Å². The van der Waals surface area contributed by atoms with E-state index in [0.29, 0.717) is 12.5 Å². The second-order valence-electron chi connectivity index (χ2n) is 3.57. The van der Waals surface area contributed by atoms with Crippen LogP contribution in [0.15, 0.2) is 16.9 Å². The number of aromatic nitrogens is 2. The first-order valence-corrected chi connectivity index (χ1v) is 4.77. The SMILES string of the molecule is CC(C)(N)CNc1ncc(Br)cn1. The molecular weight excluding hydrogens is 232 g/mol. The third-order valence-corrected chi connectivity index (χ3v) is 1.73. The molecule has 0 saturated carbocycles. The maximum Gasteiger partial charge on any atom is 0.222 e. The van der Waals surface area contributed by atoms with Crippen LogP contribution in [-0.4, -0.2) is 22.1 Å². The highest BCUT2D eigenvalue weighted by atomic mass is 79.9. The maximum absolute atomic E-state index is 5.79. The van der Waals surface area contributed by atoms with Crippen molar-refractivity contribution in [1.82, 2.24) is 9.97 Å². The van der Waals surface area contributed by atoms with Crippen LogP contribution in [0.2, 0.25) is 0 Å². The van der Waals surface area contributed by atoms with Crippen LogP contribution in [0.1, 0.15) is 13.8 Å². The van der Waals surface area contributed by atoms with Crippen molar-refractivity contribution in [3.63, 3.8) is 0 Å². The van der Waals surface area contributed by atoms with Crippen molar-refractivity contribution in [2.24, 2.45) is 5.73 Å². The number of halogens is 1. The van der Waals surface area contributed by atoms with Crippen LogP contribution < -0.4 is 11.1 Å². The summed E-state index contributed by atoms with van der Waals surface area (Å²) in [6.45, 7) is 4.53. The Morgan fingerprint density at radius 1 is 1.46 bits per heavy atom. The Labute approximate surface area is 86.1 Å². The molecule has 0 spiro atoms. The number of nitrogens with two attached hydrogens (primary N) is 1. The lowest BCUT2D eigenvalue weighted by molar-refractivity contribution is 0.547. The fraction of sp³-hybridized carbons (Fsp3) is 0.500. The molecule has 1 aromatic heterocycles. The summed E-state index contributed by atoms with van der Waals surface area (Å²) in [4.78, 5) is 8.11. The lowest BCUT2D eigenvalue weighted by Crippen LogP contribution is -2.39. The van der Waals surface area contributed by atoms with E-state index in [1.165, 1.54) is 0 Å². The van der Waals surface area contributed by atoms with Crippen LogP contribution in [0.4, 0.5) is 5.95 Å². The predicted octanol–water partition coefficient (Wildman–Crippen LogP) is 1.39. The highest BCUT2D eigenvalue weighted by Crippen LogP contribution is 2.07. The van der Waals surface area contributed by atoms with E-state index >= 15 is 0 Å². The molecule has 13 heavy (non-hydrogen) atoms. The van der Waals surface area contributed by atoms with Crippen LogP contribution in [0.5, 0.6) is 0 Å². The van der Waals surface area contributed by atoms with Crippen molar-refractivity contribution in [3.8, 4) is 0 Å². The number of anilines is 1. The molecule has 4 nitrogen and oxygen atoms in total. The van der Waals surface area contributed by atoms with E-state index in [-0.39, 0.29) is 5.54 Å². The zero-order valence-electron chi connectivity index (χ0n) is 7.71. The smallest absolute Gasteiger partial charge is 0.222 e. The molecule has 5 heteroatoms. The minimum atomic E-state index is -0.254. The van der Waals surface area contributed by atoms with Gasteiger partial charge >= 0.3 is 0 Å². The minimum Gasteiger partial charge on any atom is -0.352 e. The van der Waals surface area contributed by atoms with Gasteiger partial charge in [-0.2, -0.15) is 0 Å². The normalized spacial score (nSPS) is 11.4.